The molecule has 1 N–H and O–H groups in total. The Kier molecular flexibility index (Phi) is 9.48. The van der Waals surface area contributed by atoms with Crippen molar-refractivity contribution in [3.63, 3.8) is 0 Å². The molecule has 1 heterocycles. The monoisotopic (exact) mass is 582 g/mol. The van der Waals surface area contributed by atoms with Crippen LogP contribution in [0.25, 0.3) is 0 Å². The summed E-state index contributed by atoms with van der Waals surface area (Å²) in [5.74, 6) is -1.19. The molecule has 1 fully saturated rings. The number of pyridine rings is 1. The predicted octanol–water partition coefficient (Wildman–Crippen LogP) is 3.72. The minimum atomic E-state index is -4.19. The molecule has 1 aromatic carbocycles. The number of aromatic amines is 1. The summed E-state index contributed by atoms with van der Waals surface area (Å²) >= 11 is 3.33. The molecular weight excluding hydrogens is 552 g/mol. The number of sulfonamides is 1. The molecule has 3 rings (SSSR count). The van der Waals surface area contributed by atoms with Gasteiger partial charge in [0.25, 0.3) is 5.56 Å². The molecule has 1 aliphatic rings. The number of esters is 2. The molecule has 0 amide bonds. The van der Waals surface area contributed by atoms with Gasteiger partial charge in [0.1, 0.15) is 6.54 Å². The van der Waals surface area contributed by atoms with E-state index in [2.05, 4.69) is 20.9 Å². The summed E-state index contributed by atoms with van der Waals surface area (Å²) in [4.78, 5) is 40.6. The fourth-order valence-corrected chi connectivity index (χ4v) is 6.30. The maximum Gasteiger partial charge on any atom is 0.340 e. The lowest BCUT2D eigenvalue weighted by molar-refractivity contribution is -0.140. The summed E-state index contributed by atoms with van der Waals surface area (Å²) in [6.45, 7) is 0.783. The summed E-state index contributed by atoms with van der Waals surface area (Å²) in [6.07, 6.45) is 5.74. The van der Waals surface area contributed by atoms with E-state index in [-0.39, 0.29) is 26.5 Å². The Labute approximate surface area is 219 Å². The second-order valence-electron chi connectivity index (χ2n) is 8.96. The topological polar surface area (TPSA) is 123 Å². The number of ether oxygens (including phenoxy) is 2. The lowest BCUT2D eigenvalue weighted by Gasteiger charge is -2.25. The zero-order chi connectivity index (χ0) is 26.5. The van der Waals surface area contributed by atoms with Gasteiger partial charge in [-0.05, 0) is 52.9 Å². The summed E-state index contributed by atoms with van der Waals surface area (Å²) < 4.78 is 37.9. The molecule has 0 bridgehead atoms. The molecule has 0 radical (unpaired) electrons. The van der Waals surface area contributed by atoms with Gasteiger partial charge in [-0.25, -0.2) is 13.2 Å². The van der Waals surface area contributed by atoms with E-state index in [1.165, 1.54) is 19.2 Å². The molecule has 1 saturated carbocycles. The van der Waals surface area contributed by atoms with E-state index in [1.807, 2.05) is 6.92 Å². The van der Waals surface area contributed by atoms with Gasteiger partial charge in [-0.1, -0.05) is 49.8 Å². The van der Waals surface area contributed by atoms with Crippen LogP contribution in [0.4, 0.5) is 0 Å². The Morgan fingerprint density at radius 1 is 1.08 bits per heavy atom. The molecule has 0 unspecified atom stereocenters. The van der Waals surface area contributed by atoms with Crippen molar-refractivity contribution >= 4 is 37.9 Å². The van der Waals surface area contributed by atoms with Gasteiger partial charge in [-0.3, -0.25) is 9.59 Å². The van der Waals surface area contributed by atoms with Crippen LogP contribution in [0.15, 0.2) is 38.4 Å². The van der Waals surface area contributed by atoms with E-state index in [4.69, 9.17) is 9.47 Å². The number of nitrogens with one attached hydrogen (secondary N) is 1. The standard InChI is InChI=1S/C25H31BrN2O7S/c1-16-9-11-18(12-10-16)36(32,33)28(15-21(29)34-2)14-20-22(25(31)35-3)19(23(26)24(30)27-20)13-17-7-5-4-6-8-17/h9-12,17H,4-8,13-15H2,1-3H3,(H,27,30). The van der Waals surface area contributed by atoms with E-state index in [0.717, 1.165) is 49.1 Å². The number of aryl methyl sites for hydroxylation is 1. The zero-order valence-electron chi connectivity index (χ0n) is 20.6. The quantitative estimate of drug-likeness (QED) is 0.447. The molecule has 11 heteroatoms. The highest BCUT2D eigenvalue weighted by Crippen LogP contribution is 2.32. The number of carbonyl (C=O) groups is 2. The minimum Gasteiger partial charge on any atom is -0.468 e. The number of carbonyl (C=O) groups excluding carboxylic acids is 2. The summed E-state index contributed by atoms with van der Waals surface area (Å²) in [6, 6.07) is 6.17. The molecule has 2 aromatic rings. The molecule has 196 valence electrons. The summed E-state index contributed by atoms with van der Waals surface area (Å²) in [7, 11) is -1.80. The number of hydrogen-bond acceptors (Lipinski definition) is 7. The van der Waals surface area contributed by atoms with Crippen molar-refractivity contribution in [2.75, 3.05) is 20.8 Å². The van der Waals surface area contributed by atoms with Crippen LogP contribution in [-0.4, -0.2) is 50.4 Å². The Morgan fingerprint density at radius 3 is 2.31 bits per heavy atom. The Balaban J connectivity index is 2.12. The van der Waals surface area contributed by atoms with Gasteiger partial charge in [-0.2, -0.15) is 4.31 Å². The third-order valence-electron chi connectivity index (χ3n) is 6.47. The first-order valence-electron chi connectivity index (χ1n) is 11.7. The van der Waals surface area contributed by atoms with Crippen LogP contribution in [-0.2, 0) is 37.3 Å². The average Bonchev–Trinajstić information content (AvgIpc) is 2.87. The van der Waals surface area contributed by atoms with Crippen molar-refractivity contribution in [2.24, 2.45) is 5.92 Å². The SMILES string of the molecule is COC(=O)CN(Cc1[nH]c(=O)c(Br)c(CC2CCCCC2)c1C(=O)OC)S(=O)(=O)c1ccc(C)cc1. The maximum absolute atomic E-state index is 13.5. The van der Waals surface area contributed by atoms with Gasteiger partial charge in [0, 0.05) is 5.69 Å². The fourth-order valence-electron chi connectivity index (χ4n) is 4.49. The Morgan fingerprint density at radius 2 is 1.72 bits per heavy atom. The fraction of sp³-hybridized carbons (Fsp3) is 0.480. The molecule has 1 aromatic heterocycles. The lowest BCUT2D eigenvalue weighted by Crippen LogP contribution is -2.37. The number of rotatable bonds is 9. The van der Waals surface area contributed by atoms with E-state index in [0.29, 0.717) is 12.0 Å². The van der Waals surface area contributed by atoms with Crippen molar-refractivity contribution < 1.29 is 27.5 Å². The van der Waals surface area contributed by atoms with Crippen molar-refractivity contribution in [3.8, 4) is 0 Å². The number of benzene rings is 1. The Bertz CT molecular complexity index is 1270. The third-order valence-corrected chi connectivity index (χ3v) is 9.11. The highest BCUT2D eigenvalue weighted by molar-refractivity contribution is 9.10. The van der Waals surface area contributed by atoms with Crippen molar-refractivity contribution in [1.29, 1.82) is 0 Å². The van der Waals surface area contributed by atoms with Crippen LogP contribution < -0.4 is 5.56 Å². The molecule has 1 aliphatic carbocycles. The van der Waals surface area contributed by atoms with Gasteiger partial charge < -0.3 is 14.5 Å². The van der Waals surface area contributed by atoms with Crippen LogP contribution >= 0.6 is 15.9 Å². The number of methoxy groups -OCH3 is 2. The van der Waals surface area contributed by atoms with E-state index >= 15 is 0 Å². The van der Waals surface area contributed by atoms with Gasteiger partial charge in [-0.15, -0.1) is 0 Å². The van der Waals surface area contributed by atoms with Crippen molar-refractivity contribution in [3.05, 3.63) is 61.5 Å². The molecule has 9 nitrogen and oxygen atoms in total. The highest BCUT2D eigenvalue weighted by atomic mass is 79.9. The Hall–Kier alpha value is -2.50. The summed E-state index contributed by atoms with van der Waals surface area (Å²) in [5, 5.41) is 0. The molecule has 0 aliphatic heterocycles. The minimum absolute atomic E-state index is 0.0292. The van der Waals surface area contributed by atoms with E-state index < -0.39 is 40.6 Å². The maximum atomic E-state index is 13.5. The van der Waals surface area contributed by atoms with Crippen LogP contribution in [0.3, 0.4) is 0 Å². The largest absolute Gasteiger partial charge is 0.468 e. The first-order chi connectivity index (χ1) is 17.1. The second kappa shape index (κ2) is 12.2. The van der Waals surface area contributed by atoms with Gasteiger partial charge in [0.15, 0.2) is 0 Å². The number of hydrogen-bond donors (Lipinski definition) is 1. The predicted molar refractivity (Wildman–Crippen MR) is 137 cm³/mol. The third kappa shape index (κ3) is 6.43. The first kappa shape index (κ1) is 28.1. The second-order valence-corrected chi connectivity index (χ2v) is 11.7. The zero-order valence-corrected chi connectivity index (χ0v) is 23.0. The smallest absolute Gasteiger partial charge is 0.340 e. The van der Waals surface area contributed by atoms with Crippen LogP contribution in [0.2, 0.25) is 0 Å². The number of H-pyrrole nitrogens is 1. The highest BCUT2D eigenvalue weighted by Gasteiger charge is 2.32. The molecule has 0 spiro atoms. The van der Waals surface area contributed by atoms with E-state index in [9.17, 15) is 22.8 Å². The molecule has 0 saturated heterocycles. The molecule has 0 atom stereocenters. The molecular formula is C25H31BrN2O7S. The number of aromatic nitrogens is 1. The van der Waals surface area contributed by atoms with Gasteiger partial charge >= 0.3 is 11.9 Å². The lowest BCUT2D eigenvalue weighted by atomic mass is 9.83. The normalized spacial score (nSPS) is 14.6. The van der Waals surface area contributed by atoms with Crippen molar-refractivity contribution in [1.82, 2.24) is 9.29 Å². The van der Waals surface area contributed by atoms with E-state index in [1.54, 1.807) is 12.1 Å². The van der Waals surface area contributed by atoms with Gasteiger partial charge in [0.05, 0.1) is 35.7 Å². The molecule has 36 heavy (non-hydrogen) atoms. The van der Waals surface area contributed by atoms with Crippen molar-refractivity contribution in [2.45, 2.75) is 56.9 Å². The number of halogens is 1. The summed E-state index contributed by atoms with van der Waals surface area (Å²) in [5.41, 5.74) is 1.02. The average molecular weight is 584 g/mol. The number of nitrogens with zero attached hydrogens (tertiary/aromatic N) is 1. The van der Waals surface area contributed by atoms with Crippen LogP contribution in [0.5, 0.6) is 0 Å². The van der Waals surface area contributed by atoms with Crippen LogP contribution in [0, 0.1) is 12.8 Å². The van der Waals surface area contributed by atoms with Gasteiger partial charge in [0.2, 0.25) is 10.0 Å². The first-order valence-corrected chi connectivity index (χ1v) is 14.0. The van der Waals surface area contributed by atoms with Crippen LogP contribution in [0.1, 0.15) is 59.3 Å².